The number of nitrogens with zero attached hydrogens (tertiary/aromatic N) is 2. The SMILES string of the molecule is O=C(OCc1ccccc1)N1CCC(O)C(c2ccncc2)C1F. The van der Waals surface area contributed by atoms with Crippen molar-refractivity contribution in [3.63, 3.8) is 0 Å². The van der Waals surface area contributed by atoms with Gasteiger partial charge in [0.05, 0.1) is 12.0 Å². The molecule has 126 valence electrons. The van der Waals surface area contributed by atoms with Crippen molar-refractivity contribution < 1.29 is 19.0 Å². The van der Waals surface area contributed by atoms with Crippen LogP contribution in [0.4, 0.5) is 9.18 Å². The molecule has 1 aromatic carbocycles. The summed E-state index contributed by atoms with van der Waals surface area (Å²) in [5, 5.41) is 10.2. The number of aromatic nitrogens is 1. The zero-order valence-corrected chi connectivity index (χ0v) is 13.1. The number of amides is 1. The van der Waals surface area contributed by atoms with Crippen LogP contribution < -0.4 is 0 Å². The molecule has 1 amide bonds. The summed E-state index contributed by atoms with van der Waals surface area (Å²) in [6.45, 7) is 0.211. The molecule has 1 fully saturated rings. The minimum absolute atomic E-state index is 0.0887. The minimum atomic E-state index is -1.64. The molecule has 0 bridgehead atoms. The Kier molecular flexibility index (Phi) is 5.05. The molecule has 6 heteroatoms. The Balaban J connectivity index is 1.68. The topological polar surface area (TPSA) is 62.7 Å². The molecule has 3 atom stereocenters. The number of rotatable bonds is 3. The molecule has 24 heavy (non-hydrogen) atoms. The van der Waals surface area contributed by atoms with E-state index in [-0.39, 0.29) is 13.2 Å². The number of alkyl halides is 1. The Morgan fingerprint density at radius 1 is 1.25 bits per heavy atom. The van der Waals surface area contributed by atoms with E-state index in [1.54, 1.807) is 24.5 Å². The molecule has 5 nitrogen and oxygen atoms in total. The zero-order valence-electron chi connectivity index (χ0n) is 13.1. The van der Waals surface area contributed by atoms with Crippen LogP contribution in [0.15, 0.2) is 54.9 Å². The third-order valence-corrected chi connectivity index (χ3v) is 4.21. The minimum Gasteiger partial charge on any atom is -0.444 e. The Hall–Kier alpha value is -2.47. The molecule has 3 rings (SSSR count). The molecule has 1 saturated heterocycles. The van der Waals surface area contributed by atoms with Gasteiger partial charge >= 0.3 is 6.09 Å². The first-order chi connectivity index (χ1) is 11.7. The number of benzene rings is 1. The highest BCUT2D eigenvalue weighted by atomic mass is 19.1. The predicted molar refractivity (Wildman–Crippen MR) is 85.8 cm³/mol. The maximum absolute atomic E-state index is 14.9. The first-order valence-corrected chi connectivity index (χ1v) is 7.86. The molecule has 2 heterocycles. The van der Waals surface area contributed by atoms with Crippen molar-refractivity contribution in [1.82, 2.24) is 9.88 Å². The lowest BCUT2D eigenvalue weighted by atomic mass is 9.87. The van der Waals surface area contributed by atoms with E-state index in [2.05, 4.69) is 4.98 Å². The molecule has 3 unspecified atom stereocenters. The lowest BCUT2D eigenvalue weighted by molar-refractivity contribution is -0.0374. The van der Waals surface area contributed by atoms with Crippen LogP contribution in [0.2, 0.25) is 0 Å². The number of carbonyl (C=O) groups is 1. The van der Waals surface area contributed by atoms with Gasteiger partial charge in [-0.15, -0.1) is 0 Å². The third-order valence-electron chi connectivity index (χ3n) is 4.21. The Labute approximate surface area is 139 Å². The van der Waals surface area contributed by atoms with Gasteiger partial charge in [0.25, 0.3) is 0 Å². The van der Waals surface area contributed by atoms with Gasteiger partial charge < -0.3 is 9.84 Å². The number of aliphatic hydroxyl groups excluding tert-OH is 1. The van der Waals surface area contributed by atoms with Crippen LogP contribution in [-0.4, -0.2) is 40.0 Å². The summed E-state index contributed by atoms with van der Waals surface area (Å²) in [5.41, 5.74) is 1.45. The fourth-order valence-corrected chi connectivity index (χ4v) is 2.91. The monoisotopic (exact) mass is 330 g/mol. The molecule has 0 spiro atoms. The van der Waals surface area contributed by atoms with Crippen LogP contribution in [0, 0.1) is 0 Å². The van der Waals surface area contributed by atoms with Crippen molar-refractivity contribution in [3.8, 4) is 0 Å². The zero-order chi connectivity index (χ0) is 16.9. The smallest absolute Gasteiger partial charge is 0.412 e. The molecule has 1 N–H and O–H groups in total. The number of hydrogen-bond acceptors (Lipinski definition) is 4. The van der Waals surface area contributed by atoms with Gasteiger partial charge in [0.15, 0.2) is 6.30 Å². The van der Waals surface area contributed by atoms with E-state index in [1.807, 2.05) is 30.3 Å². The molecule has 1 aliphatic heterocycles. The van der Waals surface area contributed by atoms with Crippen molar-refractivity contribution in [3.05, 3.63) is 66.0 Å². The summed E-state index contributed by atoms with van der Waals surface area (Å²) in [6.07, 6.45) is 0.189. The number of hydrogen-bond donors (Lipinski definition) is 1. The van der Waals surface area contributed by atoms with Crippen LogP contribution in [0.3, 0.4) is 0 Å². The van der Waals surface area contributed by atoms with E-state index >= 15 is 0 Å². The largest absolute Gasteiger partial charge is 0.444 e. The highest BCUT2D eigenvalue weighted by molar-refractivity contribution is 5.68. The van der Waals surface area contributed by atoms with Crippen molar-refractivity contribution >= 4 is 6.09 Å². The molecular weight excluding hydrogens is 311 g/mol. The number of halogens is 1. The second-order valence-electron chi connectivity index (χ2n) is 5.77. The fourth-order valence-electron chi connectivity index (χ4n) is 2.91. The quantitative estimate of drug-likeness (QED) is 0.879. The van der Waals surface area contributed by atoms with Crippen LogP contribution in [0.25, 0.3) is 0 Å². The Morgan fingerprint density at radius 2 is 1.96 bits per heavy atom. The number of piperidine rings is 1. The molecule has 0 radical (unpaired) electrons. The van der Waals surface area contributed by atoms with Gasteiger partial charge in [-0.2, -0.15) is 0 Å². The first-order valence-electron chi connectivity index (χ1n) is 7.86. The average Bonchev–Trinajstić information content (AvgIpc) is 2.62. The number of ether oxygens (including phenoxy) is 1. The van der Waals surface area contributed by atoms with Gasteiger partial charge in [-0.3, -0.25) is 9.88 Å². The van der Waals surface area contributed by atoms with Crippen LogP contribution in [-0.2, 0) is 11.3 Å². The van der Waals surface area contributed by atoms with Gasteiger partial charge in [-0.1, -0.05) is 30.3 Å². The van der Waals surface area contributed by atoms with Crippen molar-refractivity contribution in [1.29, 1.82) is 0 Å². The second kappa shape index (κ2) is 7.40. The third kappa shape index (κ3) is 3.54. The number of likely N-dealkylation sites (tertiary alicyclic amines) is 1. The summed E-state index contributed by atoms with van der Waals surface area (Å²) in [7, 11) is 0. The van der Waals surface area contributed by atoms with Crippen LogP contribution in [0.5, 0.6) is 0 Å². The normalized spacial score (nSPS) is 23.8. The van der Waals surface area contributed by atoms with Gasteiger partial charge in [-0.05, 0) is 29.7 Å². The number of carbonyl (C=O) groups excluding carboxylic acids is 1. The van der Waals surface area contributed by atoms with Gasteiger partial charge in [0, 0.05) is 18.9 Å². The second-order valence-corrected chi connectivity index (χ2v) is 5.77. The van der Waals surface area contributed by atoms with Gasteiger partial charge in [-0.25, -0.2) is 9.18 Å². The molecular formula is C18H19FN2O3. The van der Waals surface area contributed by atoms with E-state index in [9.17, 15) is 14.3 Å². The van der Waals surface area contributed by atoms with E-state index in [4.69, 9.17) is 4.74 Å². The number of aliphatic hydroxyl groups is 1. The lowest BCUT2D eigenvalue weighted by Crippen LogP contribution is -2.50. The molecule has 2 aromatic rings. The Morgan fingerprint density at radius 3 is 2.67 bits per heavy atom. The molecule has 0 saturated carbocycles. The maximum atomic E-state index is 14.9. The summed E-state index contributed by atoms with van der Waals surface area (Å²) in [4.78, 5) is 17.2. The van der Waals surface area contributed by atoms with E-state index in [0.29, 0.717) is 12.0 Å². The molecule has 1 aliphatic rings. The van der Waals surface area contributed by atoms with Crippen molar-refractivity contribution in [2.45, 2.75) is 31.3 Å². The van der Waals surface area contributed by atoms with Crippen LogP contribution in [0.1, 0.15) is 23.5 Å². The number of pyridine rings is 1. The van der Waals surface area contributed by atoms with Crippen molar-refractivity contribution in [2.24, 2.45) is 0 Å². The van der Waals surface area contributed by atoms with E-state index in [1.165, 1.54) is 0 Å². The highest BCUT2D eigenvalue weighted by Crippen LogP contribution is 2.34. The van der Waals surface area contributed by atoms with Crippen LogP contribution >= 0.6 is 0 Å². The van der Waals surface area contributed by atoms with Crippen molar-refractivity contribution in [2.75, 3.05) is 6.54 Å². The summed E-state index contributed by atoms with van der Waals surface area (Å²) >= 11 is 0. The summed E-state index contributed by atoms with van der Waals surface area (Å²) in [5.74, 6) is -0.800. The maximum Gasteiger partial charge on any atom is 0.412 e. The standard InChI is InChI=1S/C18H19FN2O3/c19-17-16(14-6-9-20-10-7-14)15(22)8-11-21(17)18(23)24-12-13-4-2-1-3-5-13/h1-7,9-10,15-17,22H,8,11-12H2. The first kappa shape index (κ1) is 16.4. The van der Waals surface area contributed by atoms with Gasteiger partial charge in [0.2, 0.25) is 0 Å². The molecule has 0 aliphatic carbocycles. The fraction of sp³-hybridized carbons (Fsp3) is 0.333. The Bertz CT molecular complexity index is 668. The highest BCUT2D eigenvalue weighted by Gasteiger charge is 2.41. The summed E-state index contributed by atoms with van der Waals surface area (Å²) < 4.78 is 20.1. The summed E-state index contributed by atoms with van der Waals surface area (Å²) in [6, 6.07) is 12.5. The predicted octanol–water partition coefficient (Wildman–Crippen LogP) is 2.86. The van der Waals surface area contributed by atoms with E-state index < -0.39 is 24.4 Å². The lowest BCUT2D eigenvalue weighted by Gasteiger charge is -2.38. The van der Waals surface area contributed by atoms with E-state index in [0.717, 1.165) is 10.5 Å². The van der Waals surface area contributed by atoms with Gasteiger partial charge in [0.1, 0.15) is 6.61 Å². The molecule has 1 aromatic heterocycles. The average molecular weight is 330 g/mol.